The quantitative estimate of drug-likeness (QED) is 0.443. The molecule has 0 aliphatic rings. The van der Waals surface area contributed by atoms with E-state index < -0.39 is 6.29 Å². The summed E-state index contributed by atoms with van der Waals surface area (Å²) in [4.78, 5) is 0. The minimum atomic E-state index is -0.412. The number of rotatable bonds is 10. The standard InChI is InChI=1S/C20H30O4/c1-15(2)8-7-9-16(3)12-13-24-18-11-10-17(14-19(18)21-4)20(22-5)23-6/h8,10-12,14,20H,7,9,13H2,1-6H3/b16-12+. The third-order valence-corrected chi connectivity index (χ3v) is 3.65. The van der Waals surface area contributed by atoms with Gasteiger partial charge in [0.15, 0.2) is 17.8 Å². The Morgan fingerprint density at radius 1 is 1.00 bits per heavy atom. The molecule has 0 saturated carbocycles. The highest BCUT2D eigenvalue weighted by Crippen LogP contribution is 2.31. The molecule has 0 amide bonds. The molecule has 4 heteroatoms. The van der Waals surface area contributed by atoms with E-state index in [9.17, 15) is 0 Å². The predicted molar refractivity (Wildman–Crippen MR) is 97.7 cm³/mol. The predicted octanol–water partition coefficient (Wildman–Crippen LogP) is 5.06. The summed E-state index contributed by atoms with van der Waals surface area (Å²) in [6.45, 7) is 6.89. The molecular weight excluding hydrogens is 304 g/mol. The average molecular weight is 334 g/mol. The molecule has 0 bridgehead atoms. The number of methoxy groups -OCH3 is 3. The summed E-state index contributed by atoms with van der Waals surface area (Å²) in [5.41, 5.74) is 3.56. The maximum atomic E-state index is 5.83. The fourth-order valence-electron chi connectivity index (χ4n) is 2.28. The van der Waals surface area contributed by atoms with Gasteiger partial charge in [-0.3, -0.25) is 0 Å². The highest BCUT2D eigenvalue weighted by Gasteiger charge is 2.13. The van der Waals surface area contributed by atoms with Crippen LogP contribution < -0.4 is 9.47 Å². The second kappa shape index (κ2) is 10.9. The number of allylic oxidation sites excluding steroid dienone is 3. The van der Waals surface area contributed by atoms with Gasteiger partial charge in [-0.2, -0.15) is 0 Å². The number of hydrogen-bond acceptors (Lipinski definition) is 4. The molecule has 0 heterocycles. The van der Waals surface area contributed by atoms with Gasteiger partial charge in [-0.05, 0) is 51.8 Å². The molecule has 0 fully saturated rings. The van der Waals surface area contributed by atoms with E-state index in [-0.39, 0.29) is 0 Å². The highest BCUT2D eigenvalue weighted by molar-refractivity contribution is 5.43. The zero-order valence-corrected chi connectivity index (χ0v) is 15.7. The van der Waals surface area contributed by atoms with Crippen LogP contribution in [0.5, 0.6) is 11.5 Å². The summed E-state index contributed by atoms with van der Waals surface area (Å²) in [5.74, 6) is 1.38. The molecule has 0 atom stereocenters. The molecule has 0 spiro atoms. The van der Waals surface area contributed by atoms with Crippen molar-refractivity contribution >= 4 is 0 Å². The molecule has 1 rings (SSSR count). The molecule has 0 unspecified atom stereocenters. The molecule has 0 aromatic heterocycles. The molecule has 0 aliphatic carbocycles. The molecule has 0 aliphatic heterocycles. The zero-order valence-electron chi connectivity index (χ0n) is 15.7. The second-order valence-electron chi connectivity index (χ2n) is 5.90. The van der Waals surface area contributed by atoms with Gasteiger partial charge >= 0.3 is 0 Å². The van der Waals surface area contributed by atoms with Crippen LogP contribution in [0.2, 0.25) is 0 Å². The van der Waals surface area contributed by atoms with Crippen molar-refractivity contribution < 1.29 is 18.9 Å². The van der Waals surface area contributed by atoms with Gasteiger partial charge in [0.25, 0.3) is 0 Å². The molecule has 0 radical (unpaired) electrons. The maximum absolute atomic E-state index is 5.83. The molecule has 24 heavy (non-hydrogen) atoms. The minimum Gasteiger partial charge on any atom is -0.493 e. The first-order chi connectivity index (χ1) is 11.5. The summed E-state index contributed by atoms with van der Waals surface area (Å²) < 4.78 is 21.8. The maximum Gasteiger partial charge on any atom is 0.183 e. The van der Waals surface area contributed by atoms with Crippen molar-refractivity contribution in [3.8, 4) is 11.5 Å². The van der Waals surface area contributed by atoms with Gasteiger partial charge in [-0.25, -0.2) is 0 Å². The molecule has 0 saturated heterocycles. The van der Waals surface area contributed by atoms with Crippen LogP contribution in [-0.4, -0.2) is 27.9 Å². The van der Waals surface area contributed by atoms with Crippen molar-refractivity contribution in [1.29, 1.82) is 0 Å². The van der Waals surface area contributed by atoms with Crippen LogP contribution in [0.1, 0.15) is 45.5 Å². The lowest BCUT2D eigenvalue weighted by atomic mass is 10.1. The van der Waals surface area contributed by atoms with Gasteiger partial charge in [-0.1, -0.05) is 23.3 Å². The van der Waals surface area contributed by atoms with Gasteiger partial charge in [0, 0.05) is 19.8 Å². The summed E-state index contributed by atoms with van der Waals surface area (Å²) in [5, 5.41) is 0. The Labute approximate surface area is 146 Å². The van der Waals surface area contributed by atoms with Crippen molar-refractivity contribution in [2.24, 2.45) is 0 Å². The second-order valence-corrected chi connectivity index (χ2v) is 5.90. The van der Waals surface area contributed by atoms with Crippen LogP contribution in [0.25, 0.3) is 0 Å². The number of hydrogen-bond donors (Lipinski definition) is 0. The van der Waals surface area contributed by atoms with Crippen molar-refractivity contribution in [2.45, 2.75) is 39.9 Å². The summed E-state index contributed by atoms with van der Waals surface area (Å²) in [7, 11) is 4.84. The van der Waals surface area contributed by atoms with Crippen LogP contribution in [-0.2, 0) is 9.47 Å². The summed E-state index contributed by atoms with van der Waals surface area (Å²) >= 11 is 0. The Morgan fingerprint density at radius 3 is 2.29 bits per heavy atom. The fraction of sp³-hybridized carbons (Fsp3) is 0.500. The van der Waals surface area contributed by atoms with E-state index in [0.717, 1.165) is 18.4 Å². The van der Waals surface area contributed by atoms with Crippen LogP contribution in [0.4, 0.5) is 0 Å². The third-order valence-electron chi connectivity index (χ3n) is 3.65. The summed E-state index contributed by atoms with van der Waals surface area (Å²) in [6.07, 6.45) is 6.07. The zero-order chi connectivity index (χ0) is 17.9. The van der Waals surface area contributed by atoms with Crippen LogP contribution >= 0.6 is 0 Å². The van der Waals surface area contributed by atoms with Crippen molar-refractivity contribution in [3.05, 3.63) is 47.1 Å². The van der Waals surface area contributed by atoms with E-state index in [0.29, 0.717) is 18.1 Å². The van der Waals surface area contributed by atoms with Gasteiger partial charge in [0.05, 0.1) is 7.11 Å². The molecule has 0 N–H and O–H groups in total. The first-order valence-corrected chi connectivity index (χ1v) is 8.17. The van der Waals surface area contributed by atoms with Crippen molar-refractivity contribution in [1.82, 2.24) is 0 Å². The van der Waals surface area contributed by atoms with Crippen LogP contribution in [0.15, 0.2) is 41.5 Å². The largest absolute Gasteiger partial charge is 0.493 e. The Kier molecular flexibility index (Phi) is 9.20. The van der Waals surface area contributed by atoms with E-state index in [1.165, 1.54) is 11.1 Å². The molecular formula is C20H30O4. The SMILES string of the molecule is COc1cc(C(OC)OC)ccc1OC/C=C(\C)CCC=C(C)C. The number of benzene rings is 1. The Morgan fingerprint density at radius 2 is 1.71 bits per heavy atom. The lowest BCUT2D eigenvalue weighted by molar-refractivity contribution is -0.106. The van der Waals surface area contributed by atoms with Gasteiger partial charge in [-0.15, -0.1) is 0 Å². The average Bonchev–Trinajstić information content (AvgIpc) is 2.56. The number of ether oxygens (including phenoxy) is 4. The normalized spacial score (nSPS) is 11.5. The summed E-state index contributed by atoms with van der Waals surface area (Å²) in [6, 6.07) is 5.67. The molecule has 1 aromatic carbocycles. The van der Waals surface area contributed by atoms with Gasteiger partial charge in [0.1, 0.15) is 6.61 Å². The van der Waals surface area contributed by atoms with E-state index in [2.05, 4.69) is 32.9 Å². The topological polar surface area (TPSA) is 36.9 Å². The van der Waals surface area contributed by atoms with Gasteiger partial charge < -0.3 is 18.9 Å². The lowest BCUT2D eigenvalue weighted by Gasteiger charge is -2.16. The van der Waals surface area contributed by atoms with Crippen LogP contribution in [0.3, 0.4) is 0 Å². The van der Waals surface area contributed by atoms with Crippen LogP contribution in [0, 0.1) is 0 Å². The molecule has 4 nitrogen and oxygen atoms in total. The van der Waals surface area contributed by atoms with Gasteiger partial charge in [0.2, 0.25) is 0 Å². The third kappa shape index (κ3) is 6.77. The van der Waals surface area contributed by atoms with E-state index in [1.807, 2.05) is 18.2 Å². The molecule has 134 valence electrons. The molecule has 1 aromatic rings. The Balaban J connectivity index is 2.66. The Bertz CT molecular complexity index is 553. The van der Waals surface area contributed by atoms with Crippen molar-refractivity contribution in [3.63, 3.8) is 0 Å². The van der Waals surface area contributed by atoms with E-state index in [4.69, 9.17) is 18.9 Å². The smallest absolute Gasteiger partial charge is 0.183 e. The first kappa shape index (κ1) is 20.3. The van der Waals surface area contributed by atoms with Crippen molar-refractivity contribution in [2.75, 3.05) is 27.9 Å². The fourth-order valence-corrected chi connectivity index (χ4v) is 2.28. The van der Waals surface area contributed by atoms with E-state index in [1.54, 1.807) is 21.3 Å². The lowest BCUT2D eigenvalue weighted by Crippen LogP contribution is -2.05. The highest BCUT2D eigenvalue weighted by atomic mass is 16.7. The first-order valence-electron chi connectivity index (χ1n) is 8.17. The Hall–Kier alpha value is -1.78. The minimum absolute atomic E-state index is 0.412. The monoisotopic (exact) mass is 334 g/mol. The van der Waals surface area contributed by atoms with E-state index >= 15 is 0 Å².